The standard InChI is InChI=1S/C19H20N2O2/c1-4-16-7-5-6-13(2)18(16)21-19(22)14(3)23-17-10-8-15(12-20)9-11-17/h5-11,14H,4H2,1-3H3,(H,21,22). The summed E-state index contributed by atoms with van der Waals surface area (Å²) in [7, 11) is 0. The first-order valence-corrected chi connectivity index (χ1v) is 7.61. The molecule has 2 rings (SSSR count). The molecule has 2 aromatic carbocycles. The van der Waals surface area contributed by atoms with Crippen molar-refractivity contribution in [2.75, 3.05) is 5.32 Å². The summed E-state index contributed by atoms with van der Waals surface area (Å²) in [4.78, 5) is 12.4. The molecule has 0 bridgehead atoms. The fourth-order valence-corrected chi connectivity index (χ4v) is 2.29. The van der Waals surface area contributed by atoms with Crippen molar-refractivity contribution < 1.29 is 9.53 Å². The summed E-state index contributed by atoms with van der Waals surface area (Å²) >= 11 is 0. The van der Waals surface area contributed by atoms with Crippen molar-refractivity contribution >= 4 is 11.6 Å². The number of ether oxygens (including phenoxy) is 1. The van der Waals surface area contributed by atoms with Crippen LogP contribution < -0.4 is 10.1 Å². The summed E-state index contributed by atoms with van der Waals surface area (Å²) in [6, 6.07) is 14.7. The molecule has 0 saturated carbocycles. The van der Waals surface area contributed by atoms with E-state index in [-0.39, 0.29) is 5.91 Å². The molecule has 0 aliphatic carbocycles. The Morgan fingerprint density at radius 2 is 1.96 bits per heavy atom. The Hall–Kier alpha value is -2.80. The average molecular weight is 308 g/mol. The second-order valence-corrected chi connectivity index (χ2v) is 5.35. The predicted molar refractivity (Wildman–Crippen MR) is 90.4 cm³/mol. The zero-order valence-corrected chi connectivity index (χ0v) is 13.6. The van der Waals surface area contributed by atoms with Crippen molar-refractivity contribution in [1.29, 1.82) is 5.26 Å². The number of nitrogens with zero attached hydrogens (tertiary/aromatic N) is 1. The first-order valence-electron chi connectivity index (χ1n) is 7.61. The summed E-state index contributed by atoms with van der Waals surface area (Å²) in [5.41, 5.74) is 3.55. The van der Waals surface area contributed by atoms with Gasteiger partial charge in [0, 0.05) is 5.69 Å². The molecule has 1 unspecified atom stereocenters. The van der Waals surface area contributed by atoms with Gasteiger partial charge in [0.25, 0.3) is 5.91 Å². The molecule has 4 nitrogen and oxygen atoms in total. The fraction of sp³-hybridized carbons (Fsp3) is 0.263. The quantitative estimate of drug-likeness (QED) is 0.913. The number of amides is 1. The lowest BCUT2D eigenvalue weighted by Gasteiger charge is -2.17. The highest BCUT2D eigenvalue weighted by Crippen LogP contribution is 2.22. The van der Waals surface area contributed by atoms with E-state index in [4.69, 9.17) is 10.00 Å². The molecule has 2 aromatic rings. The molecule has 0 saturated heterocycles. The van der Waals surface area contributed by atoms with Gasteiger partial charge in [-0.05, 0) is 55.7 Å². The van der Waals surface area contributed by atoms with Crippen LogP contribution in [0.3, 0.4) is 0 Å². The zero-order chi connectivity index (χ0) is 16.8. The van der Waals surface area contributed by atoms with E-state index in [1.165, 1.54) is 0 Å². The van der Waals surface area contributed by atoms with Crippen LogP contribution in [0.2, 0.25) is 0 Å². The van der Waals surface area contributed by atoms with Crippen LogP contribution in [0.1, 0.15) is 30.5 Å². The molecule has 23 heavy (non-hydrogen) atoms. The molecule has 0 fully saturated rings. The van der Waals surface area contributed by atoms with Crippen LogP contribution in [-0.2, 0) is 11.2 Å². The minimum atomic E-state index is -0.632. The largest absolute Gasteiger partial charge is 0.481 e. The van der Waals surface area contributed by atoms with Gasteiger partial charge in [-0.15, -0.1) is 0 Å². The summed E-state index contributed by atoms with van der Waals surface area (Å²) in [6.07, 6.45) is 0.217. The van der Waals surface area contributed by atoms with Gasteiger partial charge in [-0.25, -0.2) is 0 Å². The number of benzene rings is 2. The number of para-hydroxylation sites is 1. The Morgan fingerprint density at radius 3 is 2.57 bits per heavy atom. The first-order chi connectivity index (χ1) is 11.0. The number of carbonyl (C=O) groups excluding carboxylic acids is 1. The van der Waals surface area contributed by atoms with E-state index in [0.29, 0.717) is 11.3 Å². The Kier molecular flexibility index (Phi) is 5.37. The van der Waals surface area contributed by atoms with Crippen molar-refractivity contribution in [3.8, 4) is 11.8 Å². The van der Waals surface area contributed by atoms with Gasteiger partial charge in [0.1, 0.15) is 5.75 Å². The summed E-state index contributed by atoms with van der Waals surface area (Å²) in [6.45, 7) is 5.74. The lowest BCUT2D eigenvalue weighted by atomic mass is 10.1. The Morgan fingerprint density at radius 1 is 1.26 bits per heavy atom. The highest BCUT2D eigenvalue weighted by molar-refractivity contribution is 5.95. The van der Waals surface area contributed by atoms with Gasteiger partial charge in [0.05, 0.1) is 11.6 Å². The Balaban J connectivity index is 2.07. The Bertz CT molecular complexity index is 730. The smallest absolute Gasteiger partial charge is 0.265 e. The molecule has 118 valence electrons. The van der Waals surface area contributed by atoms with E-state index in [0.717, 1.165) is 23.2 Å². The number of carbonyl (C=O) groups is 1. The number of nitrogens with one attached hydrogen (secondary N) is 1. The van der Waals surface area contributed by atoms with Gasteiger partial charge in [0.15, 0.2) is 6.10 Å². The normalized spacial score (nSPS) is 11.4. The SMILES string of the molecule is CCc1cccc(C)c1NC(=O)C(C)Oc1ccc(C#N)cc1. The summed E-state index contributed by atoms with van der Waals surface area (Å²) in [5.74, 6) is 0.366. The molecule has 1 N–H and O–H groups in total. The van der Waals surface area contributed by atoms with Gasteiger partial charge >= 0.3 is 0 Å². The summed E-state index contributed by atoms with van der Waals surface area (Å²) in [5, 5.41) is 11.7. The molecule has 0 aliphatic heterocycles. The lowest BCUT2D eigenvalue weighted by molar-refractivity contribution is -0.122. The minimum absolute atomic E-state index is 0.196. The Labute approximate surface area is 136 Å². The monoisotopic (exact) mass is 308 g/mol. The van der Waals surface area contributed by atoms with Crippen molar-refractivity contribution in [3.05, 3.63) is 59.2 Å². The van der Waals surface area contributed by atoms with Crippen molar-refractivity contribution in [3.63, 3.8) is 0 Å². The molecule has 0 radical (unpaired) electrons. The number of aryl methyl sites for hydroxylation is 2. The van der Waals surface area contributed by atoms with E-state index in [9.17, 15) is 4.79 Å². The van der Waals surface area contributed by atoms with Gasteiger partial charge in [-0.1, -0.05) is 25.1 Å². The number of hydrogen-bond acceptors (Lipinski definition) is 3. The maximum atomic E-state index is 12.4. The van der Waals surface area contributed by atoms with Gasteiger partial charge in [0.2, 0.25) is 0 Å². The van der Waals surface area contributed by atoms with Crippen LogP contribution in [0.15, 0.2) is 42.5 Å². The van der Waals surface area contributed by atoms with Crippen LogP contribution in [0.5, 0.6) is 5.75 Å². The molecular weight excluding hydrogens is 288 g/mol. The van der Waals surface area contributed by atoms with E-state index < -0.39 is 6.10 Å². The highest BCUT2D eigenvalue weighted by atomic mass is 16.5. The third kappa shape index (κ3) is 4.10. The van der Waals surface area contributed by atoms with Crippen molar-refractivity contribution in [2.24, 2.45) is 0 Å². The van der Waals surface area contributed by atoms with Crippen molar-refractivity contribution in [2.45, 2.75) is 33.3 Å². The van der Waals surface area contributed by atoms with E-state index in [1.807, 2.05) is 31.2 Å². The average Bonchev–Trinajstić information content (AvgIpc) is 2.57. The molecular formula is C19H20N2O2. The lowest BCUT2D eigenvalue weighted by Crippen LogP contribution is -2.30. The van der Waals surface area contributed by atoms with Crippen LogP contribution in [0.25, 0.3) is 0 Å². The number of anilines is 1. The second-order valence-electron chi connectivity index (χ2n) is 5.35. The van der Waals surface area contributed by atoms with E-state index in [2.05, 4.69) is 12.2 Å². The third-order valence-corrected chi connectivity index (χ3v) is 3.65. The second kappa shape index (κ2) is 7.46. The van der Waals surface area contributed by atoms with Crippen LogP contribution in [0.4, 0.5) is 5.69 Å². The van der Waals surface area contributed by atoms with E-state index >= 15 is 0 Å². The zero-order valence-electron chi connectivity index (χ0n) is 13.6. The van der Waals surface area contributed by atoms with Crippen LogP contribution in [-0.4, -0.2) is 12.0 Å². The molecule has 0 heterocycles. The molecule has 1 atom stereocenters. The first kappa shape index (κ1) is 16.6. The summed E-state index contributed by atoms with van der Waals surface area (Å²) < 4.78 is 5.64. The van der Waals surface area contributed by atoms with Crippen LogP contribution in [0, 0.1) is 18.3 Å². The minimum Gasteiger partial charge on any atom is -0.481 e. The number of rotatable bonds is 5. The molecule has 1 amide bonds. The fourth-order valence-electron chi connectivity index (χ4n) is 2.29. The topological polar surface area (TPSA) is 62.1 Å². The highest BCUT2D eigenvalue weighted by Gasteiger charge is 2.17. The maximum Gasteiger partial charge on any atom is 0.265 e. The van der Waals surface area contributed by atoms with E-state index in [1.54, 1.807) is 31.2 Å². The van der Waals surface area contributed by atoms with Crippen LogP contribution >= 0.6 is 0 Å². The van der Waals surface area contributed by atoms with Gasteiger partial charge in [-0.3, -0.25) is 4.79 Å². The molecule has 0 aromatic heterocycles. The third-order valence-electron chi connectivity index (χ3n) is 3.65. The van der Waals surface area contributed by atoms with Gasteiger partial charge < -0.3 is 10.1 Å². The van der Waals surface area contributed by atoms with Gasteiger partial charge in [-0.2, -0.15) is 5.26 Å². The number of hydrogen-bond donors (Lipinski definition) is 1. The van der Waals surface area contributed by atoms with Crippen molar-refractivity contribution in [1.82, 2.24) is 0 Å². The molecule has 4 heteroatoms. The molecule has 0 aliphatic rings. The number of nitriles is 1. The molecule has 0 spiro atoms. The maximum absolute atomic E-state index is 12.4. The predicted octanol–water partition coefficient (Wildman–Crippen LogP) is 3.84.